The lowest BCUT2D eigenvalue weighted by atomic mass is 10.1. The highest BCUT2D eigenvalue weighted by Gasteiger charge is 2.25. The monoisotopic (exact) mass is 225 g/mol. The zero-order chi connectivity index (χ0) is 11.4. The standard InChI is InChI=1S/C12H23N3O/c13-9-11-3-8-15(10-11)12(16)4-7-14-5-1-2-6-14/h11H,1-10,13H2. The molecule has 1 atom stereocenters. The minimum Gasteiger partial charge on any atom is -0.342 e. The highest BCUT2D eigenvalue weighted by molar-refractivity contribution is 5.76. The van der Waals surface area contributed by atoms with Crippen LogP contribution >= 0.6 is 0 Å². The molecule has 0 aromatic rings. The second-order valence-corrected chi connectivity index (χ2v) is 5.03. The molecule has 0 aliphatic carbocycles. The van der Waals surface area contributed by atoms with Gasteiger partial charge >= 0.3 is 0 Å². The Kier molecular flexibility index (Phi) is 4.18. The van der Waals surface area contributed by atoms with Crippen LogP contribution in [0, 0.1) is 5.92 Å². The molecule has 0 saturated carbocycles. The molecule has 2 heterocycles. The predicted octanol–water partition coefficient (Wildman–Crippen LogP) is 0.279. The molecule has 2 fully saturated rings. The van der Waals surface area contributed by atoms with E-state index in [0.717, 1.165) is 32.6 Å². The molecule has 2 aliphatic rings. The maximum atomic E-state index is 11.9. The zero-order valence-electron chi connectivity index (χ0n) is 10.0. The number of nitrogens with two attached hydrogens (primary N) is 1. The van der Waals surface area contributed by atoms with Crippen molar-refractivity contribution in [2.24, 2.45) is 11.7 Å². The van der Waals surface area contributed by atoms with Gasteiger partial charge in [-0.3, -0.25) is 4.79 Å². The summed E-state index contributed by atoms with van der Waals surface area (Å²) in [6, 6.07) is 0. The number of likely N-dealkylation sites (tertiary alicyclic amines) is 2. The molecule has 0 bridgehead atoms. The second-order valence-electron chi connectivity index (χ2n) is 5.03. The van der Waals surface area contributed by atoms with Crippen LogP contribution in [0.25, 0.3) is 0 Å². The van der Waals surface area contributed by atoms with Gasteiger partial charge in [0.05, 0.1) is 0 Å². The van der Waals surface area contributed by atoms with E-state index in [2.05, 4.69) is 4.90 Å². The van der Waals surface area contributed by atoms with Crippen LogP contribution in [-0.2, 0) is 4.79 Å². The van der Waals surface area contributed by atoms with Crippen molar-refractivity contribution in [2.75, 3.05) is 39.3 Å². The van der Waals surface area contributed by atoms with E-state index in [-0.39, 0.29) is 0 Å². The van der Waals surface area contributed by atoms with Gasteiger partial charge in [-0.15, -0.1) is 0 Å². The van der Waals surface area contributed by atoms with Crippen molar-refractivity contribution in [3.63, 3.8) is 0 Å². The average Bonchev–Trinajstić information content (AvgIpc) is 2.96. The summed E-state index contributed by atoms with van der Waals surface area (Å²) in [7, 11) is 0. The number of hydrogen-bond donors (Lipinski definition) is 1. The van der Waals surface area contributed by atoms with Crippen molar-refractivity contribution < 1.29 is 4.79 Å². The van der Waals surface area contributed by atoms with Crippen LogP contribution < -0.4 is 5.73 Å². The highest BCUT2D eigenvalue weighted by Crippen LogP contribution is 2.16. The van der Waals surface area contributed by atoms with Gasteiger partial charge in [-0.25, -0.2) is 0 Å². The SMILES string of the molecule is NCC1CCN(C(=O)CCN2CCCC2)C1. The van der Waals surface area contributed by atoms with Crippen molar-refractivity contribution >= 4 is 5.91 Å². The molecule has 92 valence electrons. The third kappa shape index (κ3) is 2.95. The molecule has 0 spiro atoms. The van der Waals surface area contributed by atoms with Crippen molar-refractivity contribution in [2.45, 2.75) is 25.7 Å². The third-order valence-corrected chi connectivity index (χ3v) is 3.81. The van der Waals surface area contributed by atoms with E-state index in [0.29, 0.717) is 18.2 Å². The lowest BCUT2D eigenvalue weighted by molar-refractivity contribution is -0.130. The fourth-order valence-corrected chi connectivity index (χ4v) is 2.67. The van der Waals surface area contributed by atoms with E-state index in [1.165, 1.54) is 25.9 Å². The Morgan fingerprint density at radius 2 is 2.00 bits per heavy atom. The van der Waals surface area contributed by atoms with Crippen molar-refractivity contribution in [3.8, 4) is 0 Å². The topological polar surface area (TPSA) is 49.6 Å². The van der Waals surface area contributed by atoms with Crippen molar-refractivity contribution in [1.29, 1.82) is 0 Å². The smallest absolute Gasteiger partial charge is 0.223 e. The van der Waals surface area contributed by atoms with Gasteiger partial charge in [0.1, 0.15) is 0 Å². The summed E-state index contributed by atoms with van der Waals surface area (Å²) in [5.74, 6) is 0.860. The van der Waals surface area contributed by atoms with Crippen LogP contribution in [0.2, 0.25) is 0 Å². The Morgan fingerprint density at radius 3 is 2.62 bits per heavy atom. The van der Waals surface area contributed by atoms with Gasteiger partial charge in [-0.1, -0.05) is 0 Å². The first-order valence-electron chi connectivity index (χ1n) is 6.50. The molecule has 0 radical (unpaired) electrons. The van der Waals surface area contributed by atoms with Crippen LogP contribution in [0.1, 0.15) is 25.7 Å². The normalized spacial score (nSPS) is 26.6. The third-order valence-electron chi connectivity index (χ3n) is 3.81. The Morgan fingerprint density at radius 1 is 1.25 bits per heavy atom. The van der Waals surface area contributed by atoms with Gasteiger partial charge in [-0.2, -0.15) is 0 Å². The van der Waals surface area contributed by atoms with Crippen LogP contribution in [0.15, 0.2) is 0 Å². The number of amides is 1. The van der Waals surface area contributed by atoms with E-state index in [9.17, 15) is 4.79 Å². The van der Waals surface area contributed by atoms with Crippen LogP contribution in [-0.4, -0.2) is 55.0 Å². The quantitative estimate of drug-likeness (QED) is 0.747. The van der Waals surface area contributed by atoms with Gasteiger partial charge in [0, 0.05) is 26.1 Å². The fraction of sp³-hybridized carbons (Fsp3) is 0.917. The van der Waals surface area contributed by atoms with Gasteiger partial charge < -0.3 is 15.5 Å². The van der Waals surface area contributed by atoms with E-state index < -0.39 is 0 Å². The Balaban J connectivity index is 1.67. The molecule has 2 N–H and O–H groups in total. The van der Waals surface area contributed by atoms with Crippen molar-refractivity contribution in [3.05, 3.63) is 0 Å². The molecule has 2 rings (SSSR count). The molecule has 0 aromatic carbocycles. The lowest BCUT2D eigenvalue weighted by Crippen LogP contribution is -2.33. The van der Waals surface area contributed by atoms with Gasteiger partial charge in [0.15, 0.2) is 0 Å². The number of nitrogens with zero attached hydrogens (tertiary/aromatic N) is 2. The molecule has 1 unspecified atom stereocenters. The maximum absolute atomic E-state index is 11.9. The minimum absolute atomic E-state index is 0.322. The first-order chi connectivity index (χ1) is 7.79. The molecule has 1 amide bonds. The molecule has 16 heavy (non-hydrogen) atoms. The fourth-order valence-electron chi connectivity index (χ4n) is 2.67. The summed E-state index contributed by atoms with van der Waals surface area (Å²) < 4.78 is 0. The largest absolute Gasteiger partial charge is 0.342 e. The van der Waals surface area contributed by atoms with Gasteiger partial charge in [0.25, 0.3) is 0 Å². The van der Waals surface area contributed by atoms with Gasteiger partial charge in [0.2, 0.25) is 5.91 Å². The molecule has 4 nitrogen and oxygen atoms in total. The summed E-state index contributed by atoms with van der Waals surface area (Å²) in [4.78, 5) is 16.3. The van der Waals surface area contributed by atoms with Crippen LogP contribution in [0.5, 0.6) is 0 Å². The summed E-state index contributed by atoms with van der Waals surface area (Å²) in [6.45, 7) is 5.83. The first kappa shape index (κ1) is 11.9. The number of hydrogen-bond acceptors (Lipinski definition) is 3. The average molecular weight is 225 g/mol. The van der Waals surface area contributed by atoms with E-state index in [1.807, 2.05) is 4.90 Å². The summed E-state index contributed by atoms with van der Waals surface area (Å²) >= 11 is 0. The number of carbonyl (C=O) groups is 1. The second kappa shape index (κ2) is 5.64. The number of carbonyl (C=O) groups excluding carboxylic acids is 1. The zero-order valence-corrected chi connectivity index (χ0v) is 10.0. The molecule has 2 saturated heterocycles. The highest BCUT2D eigenvalue weighted by atomic mass is 16.2. The molecule has 2 aliphatic heterocycles. The Bertz CT molecular complexity index is 238. The predicted molar refractivity (Wildman–Crippen MR) is 64.0 cm³/mol. The Hall–Kier alpha value is -0.610. The van der Waals surface area contributed by atoms with E-state index >= 15 is 0 Å². The number of rotatable bonds is 4. The van der Waals surface area contributed by atoms with E-state index in [1.54, 1.807) is 0 Å². The molecule has 4 heteroatoms. The van der Waals surface area contributed by atoms with E-state index in [4.69, 9.17) is 5.73 Å². The summed E-state index contributed by atoms with van der Waals surface area (Å²) in [6.07, 6.45) is 4.38. The summed E-state index contributed by atoms with van der Waals surface area (Å²) in [5, 5.41) is 0. The lowest BCUT2D eigenvalue weighted by Gasteiger charge is -2.19. The van der Waals surface area contributed by atoms with Crippen molar-refractivity contribution in [1.82, 2.24) is 9.80 Å². The summed E-state index contributed by atoms with van der Waals surface area (Å²) in [5.41, 5.74) is 5.62. The first-order valence-corrected chi connectivity index (χ1v) is 6.50. The molecular formula is C12H23N3O. The minimum atomic E-state index is 0.322. The Labute approximate surface area is 97.8 Å². The van der Waals surface area contributed by atoms with Gasteiger partial charge in [-0.05, 0) is 44.8 Å². The van der Waals surface area contributed by atoms with Crippen LogP contribution in [0.4, 0.5) is 0 Å². The molecule has 0 aromatic heterocycles. The molecular weight excluding hydrogens is 202 g/mol. The van der Waals surface area contributed by atoms with Crippen LogP contribution in [0.3, 0.4) is 0 Å². The maximum Gasteiger partial charge on any atom is 0.223 e.